The molecule has 0 bridgehead atoms. The second-order valence-electron chi connectivity index (χ2n) is 12.4. The van der Waals surface area contributed by atoms with Crippen LogP contribution in [0.1, 0.15) is 64.9 Å². The lowest BCUT2D eigenvalue weighted by Crippen LogP contribution is -2.43. The van der Waals surface area contributed by atoms with Crippen LogP contribution in [0.5, 0.6) is 11.5 Å². The third-order valence-electron chi connectivity index (χ3n) is 7.93. The fourth-order valence-corrected chi connectivity index (χ4v) is 7.14. The van der Waals surface area contributed by atoms with E-state index in [-0.39, 0.29) is 38.8 Å². The van der Waals surface area contributed by atoms with Crippen molar-refractivity contribution in [1.29, 1.82) is 0 Å². The molecule has 3 aliphatic rings. The largest absolute Gasteiger partial charge is 0.493 e. The molecule has 0 saturated carbocycles. The lowest BCUT2D eigenvalue weighted by atomic mass is 9.64. The molecule has 5 rings (SSSR count). The van der Waals surface area contributed by atoms with Crippen LogP contribution < -0.4 is 8.92 Å². The highest BCUT2D eigenvalue weighted by atomic mass is 32.2. The van der Waals surface area contributed by atoms with Crippen molar-refractivity contribution in [1.82, 2.24) is 4.90 Å². The Balaban J connectivity index is 1.64. The number of carbonyl (C=O) groups excluding carboxylic acids is 2. The number of Topliss-reactive ketones (excluding diaryl/α,β-unsaturated/α-hetero) is 2. The van der Waals surface area contributed by atoms with E-state index in [1.165, 1.54) is 19.2 Å². The molecule has 0 N–H and O–H groups in total. The number of nitrogens with zero attached hydrogens (tertiary/aromatic N) is 1. The maximum absolute atomic E-state index is 13.7. The predicted molar refractivity (Wildman–Crippen MR) is 148 cm³/mol. The van der Waals surface area contributed by atoms with Gasteiger partial charge in [-0.1, -0.05) is 52.0 Å². The average Bonchev–Trinajstić information content (AvgIpc) is 2.85. The molecule has 0 saturated heterocycles. The number of ether oxygens (including phenoxy) is 1. The molecule has 39 heavy (non-hydrogen) atoms. The van der Waals surface area contributed by atoms with Crippen LogP contribution in [0.15, 0.2) is 76.0 Å². The first kappa shape index (κ1) is 27.2. The number of allylic oxidation sites excluding steroid dienone is 4. The Hall–Kier alpha value is -3.39. The Labute approximate surface area is 230 Å². The third kappa shape index (κ3) is 4.91. The van der Waals surface area contributed by atoms with Crippen LogP contribution in [0.3, 0.4) is 0 Å². The van der Waals surface area contributed by atoms with Gasteiger partial charge in [0.05, 0.1) is 7.11 Å². The number of hydrogen-bond donors (Lipinski definition) is 0. The lowest BCUT2D eigenvalue weighted by molar-refractivity contribution is -0.119. The summed E-state index contributed by atoms with van der Waals surface area (Å²) in [5, 5.41) is 0. The van der Waals surface area contributed by atoms with Crippen molar-refractivity contribution in [2.75, 3.05) is 14.2 Å². The molecule has 1 heterocycles. The molecule has 0 unspecified atom stereocenters. The van der Waals surface area contributed by atoms with E-state index in [1.807, 2.05) is 7.05 Å². The zero-order valence-corrected chi connectivity index (χ0v) is 24.1. The van der Waals surface area contributed by atoms with Gasteiger partial charge in [-0.25, -0.2) is 0 Å². The highest BCUT2D eigenvalue weighted by Gasteiger charge is 2.48. The van der Waals surface area contributed by atoms with Gasteiger partial charge < -0.3 is 13.8 Å². The molecule has 0 amide bonds. The van der Waals surface area contributed by atoms with Gasteiger partial charge in [-0.05, 0) is 53.5 Å². The molecule has 2 aromatic rings. The number of ketones is 2. The third-order valence-corrected chi connectivity index (χ3v) is 9.18. The molecular formula is C31H35NO6S. The Morgan fingerprint density at radius 1 is 0.795 bits per heavy atom. The monoisotopic (exact) mass is 549 g/mol. The minimum Gasteiger partial charge on any atom is -0.493 e. The van der Waals surface area contributed by atoms with Gasteiger partial charge in [0.1, 0.15) is 4.90 Å². The van der Waals surface area contributed by atoms with Gasteiger partial charge in [0.15, 0.2) is 23.1 Å². The van der Waals surface area contributed by atoms with E-state index in [1.54, 1.807) is 36.4 Å². The van der Waals surface area contributed by atoms with Crippen molar-refractivity contribution in [3.05, 3.63) is 76.6 Å². The summed E-state index contributed by atoms with van der Waals surface area (Å²) in [5.41, 5.74) is 3.52. The normalized spacial score (nSPS) is 21.0. The maximum Gasteiger partial charge on any atom is 0.339 e. The first-order valence-electron chi connectivity index (χ1n) is 13.2. The summed E-state index contributed by atoms with van der Waals surface area (Å²) in [6, 6.07) is 12.9. The number of rotatable bonds is 5. The first-order valence-corrected chi connectivity index (χ1v) is 14.6. The Morgan fingerprint density at radius 2 is 1.33 bits per heavy atom. The van der Waals surface area contributed by atoms with Crippen molar-refractivity contribution in [2.24, 2.45) is 10.8 Å². The van der Waals surface area contributed by atoms with Gasteiger partial charge in [-0.2, -0.15) is 8.42 Å². The van der Waals surface area contributed by atoms with Crippen LogP contribution in [0.4, 0.5) is 0 Å². The van der Waals surface area contributed by atoms with Gasteiger partial charge in [0, 0.05) is 48.3 Å². The first-order chi connectivity index (χ1) is 18.2. The highest BCUT2D eigenvalue weighted by Crippen LogP contribution is 2.54. The van der Waals surface area contributed by atoms with Crippen LogP contribution in [0.25, 0.3) is 0 Å². The van der Waals surface area contributed by atoms with Crippen LogP contribution in [0.2, 0.25) is 0 Å². The smallest absolute Gasteiger partial charge is 0.339 e. The predicted octanol–water partition coefficient (Wildman–Crippen LogP) is 5.78. The number of benzene rings is 2. The van der Waals surface area contributed by atoms with E-state index in [9.17, 15) is 18.0 Å². The van der Waals surface area contributed by atoms with E-state index >= 15 is 0 Å². The fraction of sp³-hybridized carbons (Fsp3) is 0.419. The van der Waals surface area contributed by atoms with E-state index in [2.05, 4.69) is 32.6 Å². The summed E-state index contributed by atoms with van der Waals surface area (Å²) in [5.74, 6) is -0.232. The van der Waals surface area contributed by atoms with Crippen LogP contribution in [0, 0.1) is 10.8 Å². The van der Waals surface area contributed by atoms with Crippen LogP contribution >= 0.6 is 0 Å². The zero-order valence-electron chi connectivity index (χ0n) is 23.3. The van der Waals surface area contributed by atoms with E-state index in [0.717, 1.165) is 24.2 Å². The molecule has 0 fully saturated rings. The Kier molecular flexibility index (Phi) is 6.53. The van der Waals surface area contributed by atoms with Gasteiger partial charge in [-0.3, -0.25) is 9.59 Å². The molecule has 0 aromatic heterocycles. The van der Waals surface area contributed by atoms with Crippen molar-refractivity contribution in [2.45, 2.75) is 64.2 Å². The molecule has 0 atom stereocenters. The molecule has 2 aliphatic carbocycles. The van der Waals surface area contributed by atoms with Gasteiger partial charge in [0.2, 0.25) is 0 Å². The Bertz CT molecular complexity index is 1480. The number of carbonyl (C=O) groups is 2. The minimum atomic E-state index is -4.09. The van der Waals surface area contributed by atoms with Crippen molar-refractivity contribution in [3.8, 4) is 11.5 Å². The summed E-state index contributed by atoms with van der Waals surface area (Å²) in [7, 11) is -0.679. The van der Waals surface area contributed by atoms with E-state index in [0.29, 0.717) is 29.6 Å². The van der Waals surface area contributed by atoms with Gasteiger partial charge in [-0.15, -0.1) is 0 Å². The van der Waals surface area contributed by atoms with Crippen molar-refractivity contribution >= 4 is 21.7 Å². The molecule has 0 spiro atoms. The van der Waals surface area contributed by atoms with Gasteiger partial charge in [0.25, 0.3) is 0 Å². The molecule has 206 valence electrons. The van der Waals surface area contributed by atoms with Crippen molar-refractivity contribution < 1.29 is 26.9 Å². The highest BCUT2D eigenvalue weighted by molar-refractivity contribution is 7.87. The molecule has 7 nitrogen and oxygen atoms in total. The summed E-state index contributed by atoms with van der Waals surface area (Å²) in [4.78, 5) is 29.5. The molecule has 2 aromatic carbocycles. The van der Waals surface area contributed by atoms with E-state index in [4.69, 9.17) is 8.92 Å². The average molecular weight is 550 g/mol. The standard InChI is InChI=1S/C31H35NO6S/c1-30(2)15-21-28(23(33)17-30)27(29-22(32(21)5)16-31(3,4)18-24(29)34)19-12-13-25(26(14-19)37-6)38-39(35,36)20-10-8-7-9-11-20/h7-14,27H,15-18H2,1-6H3. The maximum atomic E-state index is 13.7. The van der Waals surface area contributed by atoms with Crippen LogP contribution in [-0.2, 0) is 19.7 Å². The Morgan fingerprint density at radius 3 is 1.85 bits per heavy atom. The number of hydrogen-bond acceptors (Lipinski definition) is 7. The van der Waals surface area contributed by atoms with Crippen LogP contribution in [-0.4, -0.2) is 39.0 Å². The minimum absolute atomic E-state index is 0.0295. The molecule has 1 aliphatic heterocycles. The summed E-state index contributed by atoms with van der Waals surface area (Å²) in [6.45, 7) is 8.39. The molecule has 8 heteroatoms. The molecule has 0 radical (unpaired) electrons. The topological polar surface area (TPSA) is 90.0 Å². The molecular weight excluding hydrogens is 514 g/mol. The fourth-order valence-electron chi connectivity index (χ4n) is 6.18. The SMILES string of the molecule is COc1cc(C2C3=C(CC(C)(C)CC3=O)N(C)C3=C2C(=O)CC(C)(C)C3)ccc1OS(=O)(=O)c1ccccc1. The quantitative estimate of drug-likeness (QED) is 0.437. The summed E-state index contributed by atoms with van der Waals surface area (Å²) >= 11 is 0. The van der Waals surface area contributed by atoms with Crippen molar-refractivity contribution in [3.63, 3.8) is 0 Å². The van der Waals surface area contributed by atoms with E-state index < -0.39 is 16.0 Å². The number of methoxy groups -OCH3 is 1. The zero-order chi connectivity index (χ0) is 28.3. The lowest BCUT2D eigenvalue weighted by Gasteiger charge is -2.47. The second kappa shape index (κ2) is 9.37. The summed E-state index contributed by atoms with van der Waals surface area (Å²) < 4.78 is 36.8. The van der Waals surface area contributed by atoms with Gasteiger partial charge >= 0.3 is 10.1 Å². The second-order valence-corrected chi connectivity index (χ2v) is 13.9. The summed E-state index contributed by atoms with van der Waals surface area (Å²) in [6.07, 6.45) is 2.23.